The minimum absolute atomic E-state index is 0.0217. The number of carbonyl (C=O) groups is 3. The Morgan fingerprint density at radius 1 is 1.08 bits per heavy atom. The van der Waals surface area contributed by atoms with Gasteiger partial charge < -0.3 is 19.9 Å². The summed E-state index contributed by atoms with van der Waals surface area (Å²) < 4.78 is 5.66. The van der Waals surface area contributed by atoms with E-state index >= 15 is 0 Å². The van der Waals surface area contributed by atoms with Crippen LogP contribution in [0.1, 0.15) is 56.8 Å². The zero-order chi connectivity index (χ0) is 26.2. The molecule has 194 valence electrons. The minimum atomic E-state index is -0.544. The predicted molar refractivity (Wildman–Crippen MR) is 143 cm³/mol. The Morgan fingerprint density at radius 2 is 1.86 bits per heavy atom. The van der Waals surface area contributed by atoms with Crippen LogP contribution in [0, 0.1) is 5.92 Å². The quantitative estimate of drug-likeness (QED) is 0.636. The SMILES string of the molecule is CC(C)(C)OC(=O)N1CCCCC1CN1C=C2C(NC(=O)c3cccc4ccccc34)=CCC(=O)C2C1. The summed E-state index contributed by atoms with van der Waals surface area (Å²) in [5, 5.41) is 4.99. The van der Waals surface area contributed by atoms with Crippen molar-refractivity contribution >= 4 is 28.6 Å². The van der Waals surface area contributed by atoms with E-state index in [2.05, 4.69) is 10.2 Å². The summed E-state index contributed by atoms with van der Waals surface area (Å²) in [4.78, 5) is 42.9. The molecule has 0 aromatic heterocycles. The lowest BCUT2D eigenvalue weighted by molar-refractivity contribution is -0.121. The number of nitrogens with zero attached hydrogens (tertiary/aromatic N) is 2. The Kier molecular flexibility index (Phi) is 6.80. The number of piperidine rings is 1. The van der Waals surface area contributed by atoms with Gasteiger partial charge in [0, 0.05) is 49.1 Å². The van der Waals surface area contributed by atoms with Crippen molar-refractivity contribution in [3.8, 4) is 0 Å². The first-order valence-corrected chi connectivity index (χ1v) is 13.2. The number of likely N-dealkylation sites (tertiary alicyclic amines) is 1. The first kappa shape index (κ1) is 25.1. The standard InChI is InChI=1S/C30H35N3O4/c1-30(2,3)37-29(36)33-16-7-6-11-21(33)17-32-18-24-25(19-32)27(34)15-14-26(24)31-28(35)23-13-8-10-20-9-4-5-12-22(20)23/h4-5,8-10,12-14,18,21,25H,6-7,11,15-17,19H2,1-3H3,(H,31,35). The van der Waals surface area contributed by atoms with Gasteiger partial charge >= 0.3 is 6.09 Å². The van der Waals surface area contributed by atoms with Gasteiger partial charge in [0.05, 0.1) is 12.0 Å². The lowest BCUT2D eigenvalue weighted by Crippen LogP contribution is -2.50. The van der Waals surface area contributed by atoms with Crippen molar-refractivity contribution in [2.75, 3.05) is 19.6 Å². The Morgan fingerprint density at radius 3 is 2.68 bits per heavy atom. The molecule has 0 radical (unpaired) electrons. The number of amides is 2. The van der Waals surface area contributed by atoms with Gasteiger partial charge in [-0.1, -0.05) is 42.5 Å². The number of hydrogen-bond donors (Lipinski definition) is 1. The fraction of sp³-hybridized carbons (Fsp3) is 0.433. The highest BCUT2D eigenvalue weighted by atomic mass is 16.6. The molecule has 5 rings (SSSR count). The first-order valence-electron chi connectivity index (χ1n) is 13.2. The second-order valence-corrected chi connectivity index (χ2v) is 11.2. The first-order chi connectivity index (χ1) is 17.7. The highest BCUT2D eigenvalue weighted by Gasteiger charge is 2.38. The molecule has 2 amide bonds. The molecule has 3 aliphatic rings. The number of rotatable bonds is 4. The molecule has 1 aliphatic carbocycles. The summed E-state index contributed by atoms with van der Waals surface area (Å²) in [6.07, 6.45) is 6.77. The van der Waals surface area contributed by atoms with Gasteiger partial charge in [0.2, 0.25) is 0 Å². The number of hydrogen-bond acceptors (Lipinski definition) is 5. The summed E-state index contributed by atoms with van der Waals surface area (Å²) in [6.45, 7) is 7.52. The normalized spacial score (nSPS) is 21.9. The molecular weight excluding hydrogens is 466 g/mol. The molecule has 2 atom stereocenters. The molecule has 0 bridgehead atoms. The van der Waals surface area contributed by atoms with Crippen molar-refractivity contribution in [3.05, 3.63) is 71.6 Å². The molecule has 0 saturated carbocycles. The van der Waals surface area contributed by atoms with E-state index in [1.165, 1.54) is 0 Å². The fourth-order valence-electron chi connectivity index (χ4n) is 5.55. The van der Waals surface area contributed by atoms with Gasteiger partial charge in [-0.2, -0.15) is 0 Å². The molecule has 1 N–H and O–H groups in total. The maximum atomic E-state index is 13.3. The minimum Gasteiger partial charge on any atom is -0.444 e. The summed E-state index contributed by atoms with van der Waals surface area (Å²) in [6, 6.07) is 13.5. The van der Waals surface area contributed by atoms with E-state index < -0.39 is 5.60 Å². The maximum absolute atomic E-state index is 13.3. The second kappa shape index (κ2) is 10.0. The van der Waals surface area contributed by atoms with Crippen LogP contribution in [0.4, 0.5) is 4.79 Å². The molecular formula is C30H35N3O4. The van der Waals surface area contributed by atoms with Crippen molar-refractivity contribution in [2.45, 2.75) is 58.1 Å². The maximum Gasteiger partial charge on any atom is 0.410 e. The smallest absolute Gasteiger partial charge is 0.410 e. The van der Waals surface area contributed by atoms with Gasteiger partial charge in [-0.3, -0.25) is 9.59 Å². The molecule has 37 heavy (non-hydrogen) atoms. The molecule has 2 aromatic rings. The van der Waals surface area contributed by atoms with Crippen molar-refractivity contribution in [1.29, 1.82) is 0 Å². The average molecular weight is 502 g/mol. The van der Waals surface area contributed by atoms with E-state index in [9.17, 15) is 14.4 Å². The average Bonchev–Trinajstić information content (AvgIpc) is 3.29. The van der Waals surface area contributed by atoms with Gasteiger partial charge in [0.25, 0.3) is 5.91 Å². The highest BCUT2D eigenvalue weighted by Crippen LogP contribution is 2.34. The van der Waals surface area contributed by atoms with E-state index in [4.69, 9.17) is 4.74 Å². The summed E-state index contributed by atoms with van der Waals surface area (Å²) in [5.41, 5.74) is 1.62. The third-order valence-electron chi connectivity index (χ3n) is 7.30. The van der Waals surface area contributed by atoms with E-state index in [1.807, 2.05) is 80.4 Å². The van der Waals surface area contributed by atoms with Crippen molar-refractivity contribution in [2.24, 2.45) is 5.92 Å². The molecule has 2 aromatic carbocycles. The fourth-order valence-corrected chi connectivity index (χ4v) is 5.55. The molecule has 0 spiro atoms. The van der Waals surface area contributed by atoms with Crippen LogP contribution in [-0.2, 0) is 9.53 Å². The summed E-state index contributed by atoms with van der Waals surface area (Å²) in [7, 11) is 0. The summed E-state index contributed by atoms with van der Waals surface area (Å²) >= 11 is 0. The Balaban J connectivity index is 1.32. The van der Waals surface area contributed by atoms with Crippen molar-refractivity contribution < 1.29 is 19.1 Å². The van der Waals surface area contributed by atoms with E-state index in [0.717, 1.165) is 35.6 Å². The summed E-state index contributed by atoms with van der Waals surface area (Å²) in [5.74, 6) is -0.296. The van der Waals surface area contributed by atoms with Crippen LogP contribution in [-0.4, -0.2) is 58.9 Å². The van der Waals surface area contributed by atoms with E-state index in [0.29, 0.717) is 37.3 Å². The van der Waals surface area contributed by atoms with Gasteiger partial charge in [0.1, 0.15) is 11.4 Å². The topological polar surface area (TPSA) is 79.0 Å². The van der Waals surface area contributed by atoms with Crippen molar-refractivity contribution in [3.63, 3.8) is 0 Å². The zero-order valence-electron chi connectivity index (χ0n) is 21.8. The van der Waals surface area contributed by atoms with Crippen LogP contribution in [0.25, 0.3) is 10.8 Å². The number of Topliss-reactive ketones (excluding diaryl/α,β-unsaturated/α-hetero) is 1. The number of ketones is 1. The number of nitrogens with one attached hydrogen (secondary N) is 1. The predicted octanol–water partition coefficient (Wildman–Crippen LogP) is 5.03. The van der Waals surface area contributed by atoms with Gasteiger partial charge in [-0.15, -0.1) is 0 Å². The van der Waals surface area contributed by atoms with Crippen LogP contribution in [0.2, 0.25) is 0 Å². The monoisotopic (exact) mass is 501 g/mol. The van der Waals surface area contributed by atoms with Crippen LogP contribution >= 0.6 is 0 Å². The highest BCUT2D eigenvalue weighted by molar-refractivity contribution is 6.08. The number of allylic oxidation sites excluding steroid dienone is 2. The molecule has 2 aliphatic heterocycles. The lowest BCUT2D eigenvalue weighted by Gasteiger charge is -2.38. The van der Waals surface area contributed by atoms with Crippen LogP contribution in [0.3, 0.4) is 0 Å². The molecule has 2 heterocycles. The second-order valence-electron chi connectivity index (χ2n) is 11.2. The van der Waals surface area contributed by atoms with Gasteiger partial charge in [0.15, 0.2) is 0 Å². The lowest BCUT2D eigenvalue weighted by atomic mass is 9.87. The van der Waals surface area contributed by atoms with Crippen LogP contribution in [0.15, 0.2) is 66.0 Å². The van der Waals surface area contributed by atoms with Crippen molar-refractivity contribution in [1.82, 2.24) is 15.1 Å². The number of fused-ring (bicyclic) bond motifs is 2. The van der Waals surface area contributed by atoms with E-state index in [-0.39, 0.29) is 29.7 Å². The Bertz CT molecular complexity index is 1280. The number of benzene rings is 2. The molecule has 7 heteroatoms. The Hall–Kier alpha value is -3.61. The third kappa shape index (κ3) is 5.41. The molecule has 1 saturated heterocycles. The molecule has 2 unspecified atom stereocenters. The van der Waals surface area contributed by atoms with Crippen LogP contribution in [0.5, 0.6) is 0 Å². The number of carbonyl (C=O) groups excluding carboxylic acids is 3. The zero-order valence-corrected chi connectivity index (χ0v) is 21.8. The largest absolute Gasteiger partial charge is 0.444 e. The Labute approximate surface area is 218 Å². The third-order valence-corrected chi connectivity index (χ3v) is 7.30. The van der Waals surface area contributed by atoms with E-state index in [1.54, 1.807) is 0 Å². The number of ether oxygens (including phenoxy) is 1. The molecule has 1 fully saturated rings. The molecule has 7 nitrogen and oxygen atoms in total. The van der Waals surface area contributed by atoms with Gasteiger partial charge in [-0.05, 0) is 56.9 Å². The van der Waals surface area contributed by atoms with Gasteiger partial charge in [-0.25, -0.2) is 4.79 Å². The van der Waals surface area contributed by atoms with Crippen LogP contribution < -0.4 is 5.32 Å².